The molecule has 3 rings (SSSR count). The third-order valence-corrected chi connectivity index (χ3v) is 4.70. The summed E-state index contributed by atoms with van der Waals surface area (Å²) < 4.78 is 11.1. The van der Waals surface area contributed by atoms with Gasteiger partial charge in [0.25, 0.3) is 5.91 Å². The molecule has 132 valence electrons. The van der Waals surface area contributed by atoms with Gasteiger partial charge in [-0.15, -0.1) is 0 Å². The molecule has 0 radical (unpaired) electrons. The second-order valence-corrected chi connectivity index (χ2v) is 6.64. The summed E-state index contributed by atoms with van der Waals surface area (Å²) in [5.74, 6) is 1.52. The fourth-order valence-corrected chi connectivity index (χ4v) is 3.27. The number of rotatable bonds is 6. The van der Waals surface area contributed by atoms with Crippen molar-refractivity contribution in [3.63, 3.8) is 0 Å². The number of nitrogens with zero attached hydrogens (tertiary/aromatic N) is 1. The monoisotopic (exact) mass is 339 g/mol. The lowest BCUT2D eigenvalue weighted by Crippen LogP contribution is -2.31. The van der Waals surface area contributed by atoms with Crippen LogP contribution in [0.4, 0.5) is 0 Å². The Morgan fingerprint density at radius 2 is 1.92 bits per heavy atom. The van der Waals surface area contributed by atoms with Gasteiger partial charge >= 0.3 is 0 Å². The van der Waals surface area contributed by atoms with Crippen LogP contribution >= 0.6 is 0 Å². The number of fused-ring (bicyclic) bond motifs is 1. The molecule has 0 spiro atoms. The summed E-state index contributed by atoms with van der Waals surface area (Å²) in [7, 11) is 3.43. The molecule has 4 nitrogen and oxygen atoms in total. The van der Waals surface area contributed by atoms with E-state index >= 15 is 0 Å². The summed E-state index contributed by atoms with van der Waals surface area (Å²) in [5.41, 5.74) is 4.90. The van der Waals surface area contributed by atoms with Gasteiger partial charge in [0.1, 0.15) is 11.5 Å². The van der Waals surface area contributed by atoms with Crippen molar-refractivity contribution in [3.8, 4) is 11.5 Å². The second-order valence-electron chi connectivity index (χ2n) is 6.64. The maximum Gasteiger partial charge on any atom is 0.260 e. The predicted molar refractivity (Wildman–Crippen MR) is 98.2 cm³/mol. The largest absolute Gasteiger partial charge is 0.496 e. The Kier molecular flexibility index (Phi) is 5.27. The van der Waals surface area contributed by atoms with Crippen molar-refractivity contribution in [2.24, 2.45) is 0 Å². The number of ether oxygens (including phenoxy) is 2. The van der Waals surface area contributed by atoms with Crippen molar-refractivity contribution in [1.82, 2.24) is 4.90 Å². The maximum atomic E-state index is 12.4. The molecule has 0 N–H and O–H groups in total. The molecule has 1 aliphatic rings. The molecular weight excluding hydrogens is 314 g/mol. The highest BCUT2D eigenvalue weighted by atomic mass is 16.5. The number of carbonyl (C=O) groups excluding carboxylic acids is 1. The molecular formula is C21H25NO3. The Hall–Kier alpha value is -2.49. The van der Waals surface area contributed by atoms with Crippen molar-refractivity contribution in [1.29, 1.82) is 0 Å². The van der Waals surface area contributed by atoms with Gasteiger partial charge in [0.15, 0.2) is 6.61 Å². The van der Waals surface area contributed by atoms with Crippen LogP contribution in [-0.4, -0.2) is 31.6 Å². The van der Waals surface area contributed by atoms with Crippen LogP contribution in [0, 0.1) is 6.92 Å². The molecule has 0 saturated heterocycles. The number of hydrogen-bond donors (Lipinski definition) is 0. The van der Waals surface area contributed by atoms with E-state index in [0.29, 0.717) is 6.54 Å². The first-order chi connectivity index (χ1) is 12.1. The smallest absolute Gasteiger partial charge is 0.260 e. The standard InChI is InChI=1S/C21H25NO3/c1-15-7-10-20(24-3)18(11-15)13-22(2)21(23)14-25-19-9-8-16-5-4-6-17(16)12-19/h7-12H,4-6,13-14H2,1-3H3. The molecule has 25 heavy (non-hydrogen) atoms. The van der Waals surface area contributed by atoms with Crippen LogP contribution in [0.1, 0.15) is 28.7 Å². The Balaban J connectivity index is 1.59. The SMILES string of the molecule is COc1ccc(C)cc1CN(C)C(=O)COc1ccc2c(c1)CCC2. The number of hydrogen-bond acceptors (Lipinski definition) is 3. The Morgan fingerprint density at radius 3 is 2.72 bits per heavy atom. The number of benzene rings is 2. The molecule has 0 aromatic heterocycles. The predicted octanol–water partition coefficient (Wildman–Crippen LogP) is 3.53. The number of aryl methyl sites for hydroxylation is 3. The Bertz CT molecular complexity index is 770. The first-order valence-electron chi connectivity index (χ1n) is 8.69. The molecule has 2 aromatic rings. The van der Waals surface area contributed by atoms with E-state index in [1.54, 1.807) is 19.1 Å². The highest BCUT2D eigenvalue weighted by Crippen LogP contribution is 2.26. The molecule has 0 atom stereocenters. The molecule has 0 fully saturated rings. The van der Waals surface area contributed by atoms with Gasteiger partial charge in [-0.05, 0) is 55.5 Å². The van der Waals surface area contributed by atoms with E-state index in [1.165, 1.54) is 17.5 Å². The number of methoxy groups -OCH3 is 1. The third kappa shape index (κ3) is 4.13. The fraction of sp³-hybridized carbons (Fsp3) is 0.381. The van der Waals surface area contributed by atoms with Crippen LogP contribution < -0.4 is 9.47 Å². The first kappa shape index (κ1) is 17.3. The molecule has 0 bridgehead atoms. The van der Waals surface area contributed by atoms with Crippen molar-refractivity contribution >= 4 is 5.91 Å². The van der Waals surface area contributed by atoms with Crippen LogP contribution in [0.5, 0.6) is 11.5 Å². The lowest BCUT2D eigenvalue weighted by atomic mass is 10.1. The molecule has 2 aromatic carbocycles. The quantitative estimate of drug-likeness (QED) is 0.808. The van der Waals surface area contributed by atoms with E-state index in [0.717, 1.165) is 35.5 Å². The van der Waals surface area contributed by atoms with E-state index < -0.39 is 0 Å². The minimum absolute atomic E-state index is 0.0451. The van der Waals surface area contributed by atoms with Gasteiger partial charge in [-0.25, -0.2) is 0 Å². The minimum Gasteiger partial charge on any atom is -0.496 e. The number of carbonyl (C=O) groups is 1. The minimum atomic E-state index is -0.0518. The van der Waals surface area contributed by atoms with Crippen molar-refractivity contribution in [2.45, 2.75) is 32.7 Å². The highest BCUT2D eigenvalue weighted by Gasteiger charge is 2.15. The molecule has 4 heteroatoms. The molecule has 0 saturated carbocycles. The highest BCUT2D eigenvalue weighted by molar-refractivity contribution is 5.77. The van der Waals surface area contributed by atoms with E-state index in [9.17, 15) is 4.79 Å². The normalized spacial score (nSPS) is 12.6. The van der Waals surface area contributed by atoms with Gasteiger partial charge in [-0.3, -0.25) is 4.79 Å². The summed E-state index contributed by atoms with van der Waals surface area (Å²) >= 11 is 0. The van der Waals surface area contributed by atoms with Gasteiger partial charge in [-0.2, -0.15) is 0 Å². The van der Waals surface area contributed by atoms with E-state index in [-0.39, 0.29) is 12.5 Å². The summed E-state index contributed by atoms with van der Waals surface area (Å²) in [6.45, 7) is 2.57. The zero-order valence-electron chi connectivity index (χ0n) is 15.2. The zero-order valence-corrected chi connectivity index (χ0v) is 15.2. The van der Waals surface area contributed by atoms with Gasteiger partial charge in [-0.1, -0.05) is 23.8 Å². The summed E-state index contributed by atoms with van der Waals surface area (Å²) in [5, 5.41) is 0. The summed E-state index contributed by atoms with van der Waals surface area (Å²) in [6.07, 6.45) is 3.46. The average Bonchev–Trinajstić information content (AvgIpc) is 3.07. The summed E-state index contributed by atoms with van der Waals surface area (Å²) in [4.78, 5) is 14.1. The average molecular weight is 339 g/mol. The molecule has 1 aliphatic carbocycles. The Labute approximate surface area is 149 Å². The topological polar surface area (TPSA) is 38.8 Å². The van der Waals surface area contributed by atoms with Crippen molar-refractivity contribution in [3.05, 3.63) is 58.7 Å². The van der Waals surface area contributed by atoms with Crippen molar-refractivity contribution < 1.29 is 14.3 Å². The molecule has 1 amide bonds. The van der Waals surface area contributed by atoms with E-state index in [2.05, 4.69) is 12.1 Å². The lowest BCUT2D eigenvalue weighted by molar-refractivity contribution is -0.132. The van der Waals surface area contributed by atoms with E-state index in [4.69, 9.17) is 9.47 Å². The third-order valence-electron chi connectivity index (χ3n) is 4.70. The summed E-state index contributed by atoms with van der Waals surface area (Å²) in [6, 6.07) is 12.1. The van der Waals surface area contributed by atoms with Crippen molar-refractivity contribution in [2.75, 3.05) is 20.8 Å². The van der Waals surface area contributed by atoms with Crippen LogP contribution in [0.2, 0.25) is 0 Å². The van der Waals surface area contributed by atoms with Crippen LogP contribution in [0.25, 0.3) is 0 Å². The Morgan fingerprint density at radius 1 is 1.12 bits per heavy atom. The van der Waals surface area contributed by atoms with Gasteiger partial charge in [0.05, 0.1) is 7.11 Å². The van der Waals surface area contributed by atoms with Crippen LogP contribution in [-0.2, 0) is 24.2 Å². The maximum absolute atomic E-state index is 12.4. The fourth-order valence-electron chi connectivity index (χ4n) is 3.27. The van der Waals surface area contributed by atoms with Gasteiger partial charge in [0.2, 0.25) is 0 Å². The van der Waals surface area contributed by atoms with Gasteiger partial charge < -0.3 is 14.4 Å². The second kappa shape index (κ2) is 7.60. The molecule has 0 aliphatic heterocycles. The zero-order chi connectivity index (χ0) is 17.8. The lowest BCUT2D eigenvalue weighted by Gasteiger charge is -2.19. The number of amides is 1. The first-order valence-corrected chi connectivity index (χ1v) is 8.69. The van der Waals surface area contributed by atoms with Crippen LogP contribution in [0.15, 0.2) is 36.4 Å². The van der Waals surface area contributed by atoms with Crippen LogP contribution in [0.3, 0.4) is 0 Å². The van der Waals surface area contributed by atoms with E-state index in [1.807, 2.05) is 31.2 Å². The molecule has 0 unspecified atom stereocenters. The van der Waals surface area contributed by atoms with Gasteiger partial charge in [0, 0.05) is 19.2 Å². The molecule has 0 heterocycles. The number of likely N-dealkylation sites (N-methyl/N-ethyl adjacent to an activating group) is 1.